The lowest BCUT2D eigenvalue weighted by Crippen LogP contribution is -2.25. The molecule has 0 aliphatic heterocycles. The Balaban J connectivity index is 3.86. The van der Waals surface area contributed by atoms with Crippen LogP contribution in [0.1, 0.15) is 6.92 Å². The van der Waals surface area contributed by atoms with Gasteiger partial charge in [-0.05, 0) is 6.92 Å². The van der Waals surface area contributed by atoms with Crippen LogP contribution in [0.3, 0.4) is 0 Å². The number of hydrogen-bond acceptors (Lipinski definition) is 3. The first-order chi connectivity index (χ1) is 4.22. The smallest absolute Gasteiger partial charge is 0.268 e. The molecule has 4 heteroatoms. The molecule has 0 aliphatic carbocycles. The van der Waals surface area contributed by atoms with E-state index in [-0.39, 0.29) is 5.91 Å². The molecule has 4 nitrogen and oxygen atoms in total. The molecule has 0 heterocycles. The molecule has 1 N–H and O–H groups in total. The first kappa shape index (κ1) is 7.94. The molecule has 0 aliphatic rings. The number of nitrogens with zero attached hydrogens (tertiary/aromatic N) is 1. The Kier molecular flexibility index (Phi) is 3.43. The van der Waals surface area contributed by atoms with Crippen molar-refractivity contribution in [3.63, 3.8) is 0 Å². The minimum Gasteiger partial charge on any atom is -0.399 e. The molecule has 0 spiro atoms. The monoisotopic (exact) mass is 130 g/mol. The highest BCUT2D eigenvalue weighted by molar-refractivity contribution is 6.37. The number of oxime groups is 1. The number of amides is 1. The van der Waals surface area contributed by atoms with Gasteiger partial charge in [-0.2, -0.15) is 0 Å². The van der Waals surface area contributed by atoms with Crippen molar-refractivity contribution in [2.75, 3.05) is 14.2 Å². The fraction of sp³-hybridized carbons (Fsp3) is 0.600. The van der Waals surface area contributed by atoms with Crippen LogP contribution in [0.5, 0.6) is 0 Å². The Morgan fingerprint density at radius 1 is 1.67 bits per heavy atom. The largest absolute Gasteiger partial charge is 0.399 e. The van der Waals surface area contributed by atoms with Gasteiger partial charge in [0.25, 0.3) is 5.91 Å². The van der Waals surface area contributed by atoms with E-state index in [1.807, 2.05) is 0 Å². The van der Waals surface area contributed by atoms with E-state index >= 15 is 0 Å². The Hall–Kier alpha value is -1.06. The van der Waals surface area contributed by atoms with Gasteiger partial charge in [-0.15, -0.1) is 0 Å². The molecule has 1 amide bonds. The normalized spacial score (nSPS) is 10.8. The first-order valence-electron chi connectivity index (χ1n) is 2.52. The third kappa shape index (κ3) is 2.69. The van der Waals surface area contributed by atoms with Crippen molar-refractivity contribution in [3.05, 3.63) is 0 Å². The third-order valence-electron chi connectivity index (χ3n) is 0.784. The van der Waals surface area contributed by atoms with E-state index in [0.717, 1.165) is 0 Å². The summed E-state index contributed by atoms with van der Waals surface area (Å²) in [5, 5.41) is 5.80. The van der Waals surface area contributed by atoms with Crippen molar-refractivity contribution in [1.29, 1.82) is 0 Å². The average molecular weight is 130 g/mol. The zero-order chi connectivity index (χ0) is 7.28. The van der Waals surface area contributed by atoms with Crippen LogP contribution in [-0.2, 0) is 9.63 Å². The number of rotatable bonds is 2. The highest BCUT2D eigenvalue weighted by Gasteiger charge is 2.00. The minimum absolute atomic E-state index is 0.225. The quantitative estimate of drug-likeness (QED) is 0.414. The fourth-order valence-corrected chi connectivity index (χ4v) is 0.359. The molecule has 0 aromatic heterocycles. The van der Waals surface area contributed by atoms with Crippen molar-refractivity contribution in [3.8, 4) is 0 Å². The van der Waals surface area contributed by atoms with Crippen molar-refractivity contribution in [2.24, 2.45) is 5.16 Å². The summed E-state index contributed by atoms with van der Waals surface area (Å²) in [6.45, 7) is 1.57. The third-order valence-corrected chi connectivity index (χ3v) is 0.784. The van der Waals surface area contributed by atoms with Crippen LogP contribution >= 0.6 is 0 Å². The average Bonchev–Trinajstić information content (AvgIpc) is 1.87. The molecule has 0 saturated carbocycles. The van der Waals surface area contributed by atoms with Crippen molar-refractivity contribution < 1.29 is 9.63 Å². The minimum atomic E-state index is -0.225. The molecular weight excluding hydrogens is 120 g/mol. The SMILES string of the molecule is CNC(=O)C(C)=NOC. The van der Waals surface area contributed by atoms with Gasteiger partial charge >= 0.3 is 0 Å². The van der Waals surface area contributed by atoms with Crippen LogP contribution in [0.4, 0.5) is 0 Å². The Labute approximate surface area is 53.9 Å². The van der Waals surface area contributed by atoms with Gasteiger partial charge in [0.15, 0.2) is 0 Å². The predicted octanol–water partition coefficient (Wildman–Crippen LogP) is -0.245. The molecule has 9 heavy (non-hydrogen) atoms. The van der Waals surface area contributed by atoms with Crippen molar-refractivity contribution in [2.45, 2.75) is 6.92 Å². The lowest BCUT2D eigenvalue weighted by atomic mass is 10.4. The van der Waals surface area contributed by atoms with E-state index in [4.69, 9.17) is 0 Å². The van der Waals surface area contributed by atoms with Crippen LogP contribution in [0, 0.1) is 0 Å². The second-order valence-electron chi connectivity index (χ2n) is 1.44. The highest BCUT2D eigenvalue weighted by Crippen LogP contribution is 1.76. The summed E-state index contributed by atoms with van der Waals surface area (Å²) in [4.78, 5) is 14.9. The Morgan fingerprint density at radius 2 is 2.22 bits per heavy atom. The van der Waals surface area contributed by atoms with E-state index < -0.39 is 0 Å². The van der Waals surface area contributed by atoms with Crippen LogP contribution in [0.15, 0.2) is 5.16 Å². The zero-order valence-corrected chi connectivity index (χ0v) is 5.76. The molecule has 0 aromatic carbocycles. The number of hydrogen-bond donors (Lipinski definition) is 1. The molecule has 0 aromatic rings. The Morgan fingerprint density at radius 3 is 2.56 bits per heavy atom. The van der Waals surface area contributed by atoms with Gasteiger partial charge in [-0.1, -0.05) is 5.16 Å². The molecule has 0 saturated heterocycles. The van der Waals surface area contributed by atoms with Gasteiger partial charge in [-0.25, -0.2) is 0 Å². The van der Waals surface area contributed by atoms with Gasteiger partial charge in [-0.3, -0.25) is 4.79 Å². The van der Waals surface area contributed by atoms with E-state index in [9.17, 15) is 4.79 Å². The van der Waals surface area contributed by atoms with E-state index in [0.29, 0.717) is 5.71 Å². The molecule has 0 rings (SSSR count). The molecule has 52 valence electrons. The summed E-state index contributed by atoms with van der Waals surface area (Å²) in [7, 11) is 2.93. The maximum atomic E-state index is 10.6. The summed E-state index contributed by atoms with van der Waals surface area (Å²) in [6.07, 6.45) is 0. The van der Waals surface area contributed by atoms with Crippen LogP contribution in [0.25, 0.3) is 0 Å². The highest BCUT2D eigenvalue weighted by atomic mass is 16.6. The van der Waals surface area contributed by atoms with E-state index in [1.165, 1.54) is 14.2 Å². The lowest BCUT2D eigenvalue weighted by molar-refractivity contribution is -0.114. The number of carbonyl (C=O) groups is 1. The molecule has 0 bridgehead atoms. The summed E-state index contributed by atoms with van der Waals surface area (Å²) >= 11 is 0. The lowest BCUT2D eigenvalue weighted by Gasteiger charge is -1.94. The predicted molar refractivity (Wildman–Crippen MR) is 34.2 cm³/mol. The topological polar surface area (TPSA) is 50.7 Å². The molecule has 0 radical (unpaired) electrons. The first-order valence-corrected chi connectivity index (χ1v) is 2.52. The molecule has 0 atom stereocenters. The second kappa shape index (κ2) is 3.88. The van der Waals surface area contributed by atoms with E-state index in [2.05, 4.69) is 15.3 Å². The fourth-order valence-electron chi connectivity index (χ4n) is 0.359. The van der Waals surface area contributed by atoms with Crippen LogP contribution < -0.4 is 5.32 Å². The Bertz CT molecular complexity index is 131. The molecule has 0 fully saturated rings. The summed E-state index contributed by atoms with van der Waals surface area (Å²) in [5.74, 6) is -0.225. The van der Waals surface area contributed by atoms with Gasteiger partial charge in [0.1, 0.15) is 12.8 Å². The second-order valence-corrected chi connectivity index (χ2v) is 1.44. The maximum absolute atomic E-state index is 10.6. The van der Waals surface area contributed by atoms with Gasteiger partial charge in [0, 0.05) is 7.05 Å². The summed E-state index contributed by atoms with van der Waals surface area (Å²) in [5.41, 5.74) is 0.319. The van der Waals surface area contributed by atoms with Gasteiger partial charge in [0.2, 0.25) is 0 Å². The summed E-state index contributed by atoms with van der Waals surface area (Å²) in [6, 6.07) is 0. The molecule has 0 unspecified atom stereocenters. The van der Waals surface area contributed by atoms with Crippen LogP contribution in [-0.4, -0.2) is 25.8 Å². The van der Waals surface area contributed by atoms with Crippen LogP contribution in [0.2, 0.25) is 0 Å². The number of carbonyl (C=O) groups excluding carboxylic acids is 1. The zero-order valence-electron chi connectivity index (χ0n) is 5.76. The van der Waals surface area contributed by atoms with Crippen molar-refractivity contribution >= 4 is 11.6 Å². The molecular formula is C5H10N2O2. The standard InChI is InChI=1S/C5H10N2O2/c1-4(7-9-3)5(8)6-2/h1-3H3,(H,6,8). The van der Waals surface area contributed by atoms with Gasteiger partial charge in [0.05, 0.1) is 0 Å². The van der Waals surface area contributed by atoms with E-state index in [1.54, 1.807) is 6.92 Å². The number of nitrogens with one attached hydrogen (secondary N) is 1. The van der Waals surface area contributed by atoms with Crippen molar-refractivity contribution in [1.82, 2.24) is 5.32 Å². The maximum Gasteiger partial charge on any atom is 0.268 e. The van der Waals surface area contributed by atoms with Gasteiger partial charge < -0.3 is 10.2 Å². The summed E-state index contributed by atoms with van der Waals surface area (Å²) < 4.78 is 0.